The van der Waals surface area contributed by atoms with Crippen molar-refractivity contribution in [3.63, 3.8) is 0 Å². The number of para-hydroxylation sites is 1. The van der Waals surface area contributed by atoms with Crippen molar-refractivity contribution in [2.24, 2.45) is 0 Å². The van der Waals surface area contributed by atoms with Gasteiger partial charge in [-0.3, -0.25) is 0 Å². The zero-order chi connectivity index (χ0) is 23.2. The first-order chi connectivity index (χ1) is 15.8. The fourth-order valence-electron chi connectivity index (χ4n) is 4.69. The molecule has 3 aliphatic heterocycles. The molecule has 0 bridgehead atoms. The maximum atomic E-state index is 13.5. The van der Waals surface area contributed by atoms with Crippen LogP contribution in [0.15, 0.2) is 30.3 Å². The van der Waals surface area contributed by atoms with E-state index in [2.05, 4.69) is 25.7 Å². The number of amides is 2. The predicted molar refractivity (Wildman–Crippen MR) is 115 cm³/mol. The number of hydrogen-bond donors (Lipinski definition) is 3. The highest BCUT2D eigenvalue weighted by atomic mass is 19.4. The molecule has 2 aromatic rings. The molecule has 12 heteroatoms. The average molecular weight is 463 g/mol. The molecule has 1 aromatic heterocycles. The number of anilines is 2. The number of alkyl halides is 3. The fraction of sp³-hybridized carbons (Fsp3) is 0.476. The van der Waals surface area contributed by atoms with Gasteiger partial charge in [0.05, 0.1) is 17.4 Å². The molecular weight excluding hydrogens is 439 g/mol. The van der Waals surface area contributed by atoms with Crippen molar-refractivity contribution in [1.82, 2.24) is 25.3 Å². The third-order valence-electron chi connectivity index (χ3n) is 6.39. The normalized spacial score (nSPS) is 22.9. The van der Waals surface area contributed by atoms with Gasteiger partial charge in [0.1, 0.15) is 11.8 Å². The number of carbonyl (C=O) groups is 1. The van der Waals surface area contributed by atoms with Gasteiger partial charge < -0.3 is 30.4 Å². The fourth-order valence-corrected chi connectivity index (χ4v) is 4.69. The van der Waals surface area contributed by atoms with Gasteiger partial charge in [0.2, 0.25) is 0 Å². The second-order valence-corrected chi connectivity index (χ2v) is 8.39. The van der Waals surface area contributed by atoms with Crippen LogP contribution in [0.25, 0.3) is 11.3 Å². The molecule has 2 fully saturated rings. The number of benzene rings is 1. The monoisotopic (exact) mass is 463 g/mol. The number of halogens is 3. The number of phenolic OH excluding ortho intramolecular Hbond substituents is 1. The molecule has 2 amide bonds. The van der Waals surface area contributed by atoms with E-state index in [-0.39, 0.29) is 24.9 Å². The van der Waals surface area contributed by atoms with Crippen molar-refractivity contribution in [2.75, 3.05) is 56.0 Å². The largest absolute Gasteiger partial charge is 0.507 e. The van der Waals surface area contributed by atoms with E-state index >= 15 is 0 Å². The standard InChI is InChI=1S/C21H24F3N7O2/c22-21(23,24)18-11-25-5-6-31(18)20(33)29-7-8-30-13(12-29)10-26-19-16(30)9-15(27-28-19)14-3-1-2-4-17(14)32/h1-4,9,13,18,25,32H,5-8,10-12H2,(H,26,28)/t13-,18?/m0/s1. The topological polar surface area (TPSA) is 96.9 Å². The van der Waals surface area contributed by atoms with Crippen molar-refractivity contribution < 1.29 is 23.1 Å². The second-order valence-electron chi connectivity index (χ2n) is 8.39. The Balaban J connectivity index is 1.35. The van der Waals surface area contributed by atoms with E-state index < -0.39 is 18.2 Å². The molecule has 3 N–H and O–H groups in total. The van der Waals surface area contributed by atoms with Crippen LogP contribution in [-0.4, -0.2) is 95.2 Å². The number of nitrogens with zero attached hydrogens (tertiary/aromatic N) is 5. The maximum Gasteiger partial charge on any atom is 0.410 e. The lowest BCUT2D eigenvalue weighted by molar-refractivity contribution is -0.180. The number of hydrogen-bond acceptors (Lipinski definition) is 7. The van der Waals surface area contributed by atoms with Gasteiger partial charge in [-0.15, -0.1) is 10.2 Å². The van der Waals surface area contributed by atoms with E-state index in [0.717, 1.165) is 10.6 Å². The van der Waals surface area contributed by atoms with Gasteiger partial charge in [-0.2, -0.15) is 13.2 Å². The van der Waals surface area contributed by atoms with Crippen LogP contribution in [-0.2, 0) is 0 Å². The summed E-state index contributed by atoms with van der Waals surface area (Å²) in [7, 11) is 0. The number of nitrogens with one attached hydrogen (secondary N) is 2. The predicted octanol–water partition coefficient (Wildman–Crippen LogP) is 1.72. The van der Waals surface area contributed by atoms with Crippen LogP contribution in [0.4, 0.5) is 29.5 Å². The number of carbonyl (C=O) groups excluding carboxylic acids is 1. The Bertz CT molecular complexity index is 1050. The number of piperazine rings is 2. The van der Waals surface area contributed by atoms with Crippen LogP contribution in [0.1, 0.15) is 0 Å². The molecule has 4 heterocycles. The van der Waals surface area contributed by atoms with Crippen molar-refractivity contribution in [2.45, 2.75) is 18.3 Å². The van der Waals surface area contributed by atoms with E-state index in [1.54, 1.807) is 24.3 Å². The van der Waals surface area contributed by atoms with Crippen molar-refractivity contribution in [3.05, 3.63) is 30.3 Å². The minimum Gasteiger partial charge on any atom is -0.507 e. The third kappa shape index (κ3) is 3.99. The van der Waals surface area contributed by atoms with E-state index in [1.165, 1.54) is 4.90 Å². The van der Waals surface area contributed by atoms with Crippen molar-refractivity contribution >= 4 is 17.5 Å². The summed E-state index contributed by atoms with van der Waals surface area (Å²) in [5.41, 5.74) is 1.87. The summed E-state index contributed by atoms with van der Waals surface area (Å²) >= 11 is 0. The Labute approximate surface area is 188 Å². The van der Waals surface area contributed by atoms with Gasteiger partial charge in [0.15, 0.2) is 5.82 Å². The molecule has 0 radical (unpaired) electrons. The molecule has 0 aliphatic carbocycles. The van der Waals surface area contributed by atoms with Gasteiger partial charge in [-0.25, -0.2) is 4.79 Å². The Hall–Kier alpha value is -3.28. The zero-order valence-corrected chi connectivity index (χ0v) is 17.7. The zero-order valence-electron chi connectivity index (χ0n) is 17.7. The number of aromatic nitrogens is 2. The molecule has 3 aliphatic rings. The lowest BCUT2D eigenvalue weighted by atomic mass is 10.1. The average Bonchev–Trinajstić information content (AvgIpc) is 2.82. The summed E-state index contributed by atoms with van der Waals surface area (Å²) in [6.45, 7) is 1.62. The number of fused-ring (bicyclic) bond motifs is 3. The van der Waals surface area contributed by atoms with Crippen LogP contribution in [0.3, 0.4) is 0 Å². The molecule has 9 nitrogen and oxygen atoms in total. The summed E-state index contributed by atoms with van der Waals surface area (Å²) in [5, 5.41) is 24.6. The Morgan fingerprint density at radius 3 is 2.73 bits per heavy atom. The smallest absolute Gasteiger partial charge is 0.410 e. The highest BCUT2D eigenvalue weighted by Crippen LogP contribution is 2.36. The van der Waals surface area contributed by atoms with Crippen LogP contribution in [0.5, 0.6) is 5.75 Å². The first-order valence-corrected chi connectivity index (χ1v) is 10.8. The van der Waals surface area contributed by atoms with Crippen LogP contribution in [0, 0.1) is 0 Å². The minimum atomic E-state index is -4.48. The van der Waals surface area contributed by atoms with Gasteiger partial charge in [-0.1, -0.05) is 12.1 Å². The van der Waals surface area contributed by atoms with Crippen LogP contribution < -0.4 is 15.5 Å². The second kappa shape index (κ2) is 8.25. The maximum absolute atomic E-state index is 13.5. The van der Waals surface area contributed by atoms with E-state index in [9.17, 15) is 23.1 Å². The Morgan fingerprint density at radius 1 is 1.12 bits per heavy atom. The van der Waals surface area contributed by atoms with Crippen molar-refractivity contribution in [3.8, 4) is 17.0 Å². The number of rotatable bonds is 1. The first-order valence-electron chi connectivity index (χ1n) is 10.8. The lowest BCUT2D eigenvalue weighted by Gasteiger charge is -2.47. The summed E-state index contributed by atoms with van der Waals surface area (Å²) in [4.78, 5) is 17.6. The quantitative estimate of drug-likeness (QED) is 0.593. The van der Waals surface area contributed by atoms with Gasteiger partial charge in [0.25, 0.3) is 0 Å². The molecule has 2 atom stereocenters. The number of aromatic hydroxyl groups is 1. The van der Waals surface area contributed by atoms with Gasteiger partial charge in [0, 0.05) is 51.4 Å². The highest BCUT2D eigenvalue weighted by molar-refractivity contribution is 5.78. The molecule has 0 spiro atoms. The van der Waals surface area contributed by atoms with Crippen LogP contribution in [0.2, 0.25) is 0 Å². The molecule has 1 unspecified atom stereocenters. The lowest BCUT2D eigenvalue weighted by Crippen LogP contribution is -2.65. The van der Waals surface area contributed by atoms with E-state index in [0.29, 0.717) is 49.8 Å². The first kappa shape index (κ1) is 21.6. The number of urea groups is 1. The van der Waals surface area contributed by atoms with E-state index in [1.807, 2.05) is 6.07 Å². The summed E-state index contributed by atoms with van der Waals surface area (Å²) in [6.07, 6.45) is -4.48. The van der Waals surface area contributed by atoms with Crippen molar-refractivity contribution in [1.29, 1.82) is 0 Å². The molecule has 0 saturated carbocycles. The summed E-state index contributed by atoms with van der Waals surface area (Å²) < 4.78 is 40.4. The highest BCUT2D eigenvalue weighted by Gasteiger charge is 2.48. The molecule has 33 heavy (non-hydrogen) atoms. The molecule has 5 rings (SSSR count). The molecular formula is C21H24F3N7O2. The SMILES string of the molecule is O=C(N1CCN2c3cc(-c4ccccc4O)nnc3NC[C@H]2C1)N1CCNCC1C(F)(F)F. The van der Waals surface area contributed by atoms with Gasteiger partial charge in [-0.05, 0) is 18.2 Å². The van der Waals surface area contributed by atoms with Gasteiger partial charge >= 0.3 is 12.2 Å². The molecule has 2 saturated heterocycles. The van der Waals surface area contributed by atoms with E-state index in [4.69, 9.17) is 0 Å². The molecule has 176 valence electrons. The Morgan fingerprint density at radius 2 is 1.94 bits per heavy atom. The Kier molecular flexibility index (Phi) is 5.39. The minimum absolute atomic E-state index is 0.0223. The third-order valence-corrected chi connectivity index (χ3v) is 6.39. The molecule has 1 aromatic carbocycles. The summed E-state index contributed by atoms with van der Waals surface area (Å²) in [5.74, 6) is 0.696. The summed E-state index contributed by atoms with van der Waals surface area (Å²) in [6, 6.07) is 6.16. The number of phenols is 1. The van der Waals surface area contributed by atoms with Crippen LogP contribution >= 0.6 is 0 Å².